The van der Waals surface area contributed by atoms with Crippen LogP contribution in [0.15, 0.2) is 41.1 Å². The van der Waals surface area contributed by atoms with Crippen LogP contribution in [0.25, 0.3) is 23.0 Å². The van der Waals surface area contributed by atoms with E-state index in [1.165, 1.54) is 18.3 Å². The van der Waals surface area contributed by atoms with Crippen LogP contribution in [0.3, 0.4) is 0 Å². The molecule has 7 heteroatoms. The highest BCUT2D eigenvalue weighted by atomic mass is 35.5. The standard InChI is InChI=1S/C13H7Cl2N3O2/c14-8-5-10(15)11(16-6-8)12-17-13(20-18-12)7-1-3-9(19)4-2-7/h1-6,19H. The van der Waals surface area contributed by atoms with Gasteiger partial charge < -0.3 is 9.63 Å². The molecule has 0 aliphatic rings. The van der Waals surface area contributed by atoms with Crippen LogP contribution in [0.5, 0.6) is 5.75 Å². The molecule has 100 valence electrons. The van der Waals surface area contributed by atoms with Gasteiger partial charge in [-0.2, -0.15) is 4.98 Å². The SMILES string of the molecule is Oc1ccc(-c2nc(-c3ncc(Cl)cc3Cl)no2)cc1. The average Bonchev–Trinajstić information content (AvgIpc) is 2.89. The third kappa shape index (κ3) is 2.45. The summed E-state index contributed by atoms with van der Waals surface area (Å²) < 4.78 is 5.16. The maximum atomic E-state index is 9.24. The van der Waals surface area contributed by atoms with Gasteiger partial charge in [0.15, 0.2) is 0 Å². The summed E-state index contributed by atoms with van der Waals surface area (Å²) in [4.78, 5) is 8.30. The number of phenols is 1. The third-order valence-corrected chi connectivity index (χ3v) is 3.05. The Bertz CT molecular complexity index is 757. The summed E-state index contributed by atoms with van der Waals surface area (Å²) in [6.07, 6.45) is 1.46. The largest absolute Gasteiger partial charge is 0.508 e. The molecule has 2 heterocycles. The van der Waals surface area contributed by atoms with E-state index in [0.29, 0.717) is 27.2 Å². The molecule has 1 N–H and O–H groups in total. The topological polar surface area (TPSA) is 72.0 Å². The molecule has 1 aromatic carbocycles. The normalized spacial score (nSPS) is 10.7. The maximum Gasteiger partial charge on any atom is 0.258 e. The van der Waals surface area contributed by atoms with Crippen LogP contribution in [0, 0.1) is 0 Å². The first-order chi connectivity index (χ1) is 9.63. The van der Waals surface area contributed by atoms with Crippen LogP contribution in [0.1, 0.15) is 0 Å². The highest BCUT2D eigenvalue weighted by Crippen LogP contribution is 2.28. The molecule has 2 aromatic heterocycles. The number of rotatable bonds is 2. The number of hydrogen-bond donors (Lipinski definition) is 1. The van der Waals surface area contributed by atoms with Crippen molar-refractivity contribution >= 4 is 23.2 Å². The smallest absolute Gasteiger partial charge is 0.258 e. The summed E-state index contributed by atoms with van der Waals surface area (Å²) in [5.74, 6) is 0.749. The highest BCUT2D eigenvalue weighted by molar-refractivity contribution is 6.35. The molecular formula is C13H7Cl2N3O2. The van der Waals surface area contributed by atoms with Gasteiger partial charge in [-0.05, 0) is 30.3 Å². The molecule has 0 saturated carbocycles. The Morgan fingerprint density at radius 1 is 1.10 bits per heavy atom. The number of aromatic hydroxyl groups is 1. The highest BCUT2D eigenvalue weighted by Gasteiger charge is 2.14. The number of hydrogen-bond acceptors (Lipinski definition) is 5. The van der Waals surface area contributed by atoms with Gasteiger partial charge in [0.2, 0.25) is 5.82 Å². The lowest BCUT2D eigenvalue weighted by atomic mass is 10.2. The van der Waals surface area contributed by atoms with E-state index in [4.69, 9.17) is 27.7 Å². The van der Waals surface area contributed by atoms with Gasteiger partial charge in [-0.15, -0.1) is 0 Å². The average molecular weight is 308 g/mol. The Hall–Kier alpha value is -2.11. The quantitative estimate of drug-likeness (QED) is 0.779. The van der Waals surface area contributed by atoms with E-state index in [0.717, 1.165) is 0 Å². The Balaban J connectivity index is 1.99. The molecule has 0 unspecified atom stereocenters. The van der Waals surface area contributed by atoms with Gasteiger partial charge >= 0.3 is 0 Å². The van der Waals surface area contributed by atoms with Gasteiger partial charge in [0.25, 0.3) is 5.89 Å². The Kier molecular flexibility index (Phi) is 3.30. The Morgan fingerprint density at radius 2 is 1.85 bits per heavy atom. The maximum absolute atomic E-state index is 9.24. The fraction of sp³-hybridized carbons (Fsp3) is 0. The van der Waals surface area contributed by atoms with Crippen LogP contribution in [-0.2, 0) is 0 Å². The molecule has 0 saturated heterocycles. The molecule has 0 aliphatic carbocycles. The van der Waals surface area contributed by atoms with Crippen LogP contribution in [0.2, 0.25) is 10.0 Å². The van der Waals surface area contributed by atoms with Gasteiger partial charge in [0, 0.05) is 11.8 Å². The first kappa shape index (κ1) is 12.9. The second-order valence-corrected chi connectivity index (χ2v) is 4.80. The number of pyridine rings is 1. The Labute approximate surface area is 123 Å². The minimum Gasteiger partial charge on any atom is -0.508 e. The summed E-state index contributed by atoms with van der Waals surface area (Å²) in [6.45, 7) is 0. The minimum absolute atomic E-state index is 0.163. The molecule has 0 aliphatic heterocycles. The summed E-state index contributed by atoms with van der Waals surface area (Å²) in [5.41, 5.74) is 1.08. The zero-order valence-electron chi connectivity index (χ0n) is 9.92. The van der Waals surface area contributed by atoms with E-state index in [2.05, 4.69) is 15.1 Å². The van der Waals surface area contributed by atoms with Crippen LogP contribution >= 0.6 is 23.2 Å². The summed E-state index contributed by atoms with van der Waals surface area (Å²) in [6, 6.07) is 7.97. The number of nitrogens with zero attached hydrogens (tertiary/aromatic N) is 3. The lowest BCUT2D eigenvalue weighted by molar-refractivity contribution is 0.432. The first-order valence-corrected chi connectivity index (χ1v) is 6.33. The van der Waals surface area contributed by atoms with E-state index in [1.807, 2.05) is 0 Å². The molecule has 0 radical (unpaired) electrons. The molecule has 20 heavy (non-hydrogen) atoms. The molecule has 3 aromatic rings. The fourth-order valence-corrected chi connectivity index (χ4v) is 2.08. The predicted octanol–water partition coefficient (Wildman–Crippen LogP) is 3.81. The van der Waals surface area contributed by atoms with Crippen molar-refractivity contribution in [2.45, 2.75) is 0 Å². The molecule has 0 spiro atoms. The van der Waals surface area contributed by atoms with Gasteiger partial charge in [-0.25, -0.2) is 4.98 Å². The first-order valence-electron chi connectivity index (χ1n) is 5.58. The van der Waals surface area contributed by atoms with E-state index in [-0.39, 0.29) is 11.6 Å². The van der Waals surface area contributed by atoms with Crippen molar-refractivity contribution in [3.63, 3.8) is 0 Å². The van der Waals surface area contributed by atoms with Crippen molar-refractivity contribution in [2.75, 3.05) is 0 Å². The van der Waals surface area contributed by atoms with E-state index in [1.54, 1.807) is 18.2 Å². The zero-order chi connectivity index (χ0) is 14.1. The van der Waals surface area contributed by atoms with Crippen LogP contribution in [-0.4, -0.2) is 20.2 Å². The molecule has 0 fully saturated rings. The van der Waals surface area contributed by atoms with Crippen molar-refractivity contribution in [1.29, 1.82) is 0 Å². The molecule has 0 amide bonds. The van der Waals surface area contributed by atoms with Gasteiger partial charge in [0.05, 0.1) is 10.0 Å². The molecule has 3 rings (SSSR count). The second-order valence-electron chi connectivity index (χ2n) is 3.95. The van der Waals surface area contributed by atoms with Crippen molar-refractivity contribution in [2.24, 2.45) is 0 Å². The number of phenolic OH excluding ortho intramolecular Hbond substituents is 1. The second kappa shape index (κ2) is 5.11. The van der Waals surface area contributed by atoms with Crippen molar-refractivity contribution < 1.29 is 9.63 Å². The monoisotopic (exact) mass is 307 g/mol. The minimum atomic E-state index is 0.163. The molecule has 0 atom stereocenters. The van der Waals surface area contributed by atoms with Crippen LogP contribution < -0.4 is 0 Å². The van der Waals surface area contributed by atoms with Crippen molar-refractivity contribution in [1.82, 2.24) is 15.1 Å². The third-order valence-electron chi connectivity index (χ3n) is 2.56. The van der Waals surface area contributed by atoms with E-state index < -0.39 is 0 Å². The molecular weight excluding hydrogens is 301 g/mol. The summed E-state index contributed by atoms with van der Waals surface area (Å²) >= 11 is 11.8. The predicted molar refractivity (Wildman–Crippen MR) is 74.6 cm³/mol. The number of benzene rings is 1. The number of aromatic nitrogens is 3. The Morgan fingerprint density at radius 3 is 2.55 bits per heavy atom. The van der Waals surface area contributed by atoms with Gasteiger partial charge in [0.1, 0.15) is 11.4 Å². The van der Waals surface area contributed by atoms with Crippen molar-refractivity contribution in [3.05, 3.63) is 46.6 Å². The summed E-state index contributed by atoms with van der Waals surface area (Å²) in [7, 11) is 0. The van der Waals surface area contributed by atoms with Crippen molar-refractivity contribution in [3.8, 4) is 28.7 Å². The molecule has 0 bridgehead atoms. The molecule has 5 nitrogen and oxygen atoms in total. The van der Waals surface area contributed by atoms with E-state index >= 15 is 0 Å². The number of halogens is 2. The lowest BCUT2D eigenvalue weighted by Crippen LogP contribution is -1.87. The fourth-order valence-electron chi connectivity index (χ4n) is 1.62. The van der Waals surface area contributed by atoms with Crippen LogP contribution in [0.4, 0.5) is 0 Å². The van der Waals surface area contributed by atoms with Gasteiger partial charge in [-0.1, -0.05) is 28.4 Å². The zero-order valence-corrected chi connectivity index (χ0v) is 11.4. The summed E-state index contributed by atoms with van der Waals surface area (Å²) in [5, 5.41) is 13.9. The lowest BCUT2D eigenvalue weighted by Gasteiger charge is -1.97. The van der Waals surface area contributed by atoms with E-state index in [9.17, 15) is 5.11 Å². The van der Waals surface area contributed by atoms with Gasteiger partial charge in [-0.3, -0.25) is 0 Å².